The van der Waals surface area contributed by atoms with E-state index < -0.39 is 0 Å². The van der Waals surface area contributed by atoms with E-state index in [4.69, 9.17) is 17.0 Å². The van der Waals surface area contributed by atoms with Crippen molar-refractivity contribution in [3.63, 3.8) is 0 Å². The molecule has 146 valence electrons. The van der Waals surface area contributed by atoms with Gasteiger partial charge in [0.2, 0.25) is 5.88 Å². The van der Waals surface area contributed by atoms with Gasteiger partial charge in [-0.25, -0.2) is 0 Å². The molecular formula is C22H25N3O2S. The SMILES string of the molecule is Cc1c(O)n(-c2ccccc2)c(=S)n1-c1ccc(N2C[C@@H](C)O[C@@H](C)C2)cc1. The van der Waals surface area contributed by atoms with E-state index in [0.29, 0.717) is 4.77 Å². The van der Waals surface area contributed by atoms with E-state index >= 15 is 0 Å². The molecule has 0 unspecified atom stereocenters. The highest BCUT2D eigenvalue weighted by Gasteiger charge is 2.22. The van der Waals surface area contributed by atoms with Crippen LogP contribution in [0.3, 0.4) is 0 Å². The molecule has 28 heavy (non-hydrogen) atoms. The number of para-hydroxylation sites is 1. The molecule has 2 aromatic carbocycles. The summed E-state index contributed by atoms with van der Waals surface area (Å²) in [5, 5.41) is 10.7. The third-order valence-corrected chi connectivity index (χ3v) is 5.53. The first-order valence-electron chi connectivity index (χ1n) is 9.55. The highest BCUT2D eigenvalue weighted by molar-refractivity contribution is 7.71. The maximum atomic E-state index is 10.7. The molecule has 1 fully saturated rings. The van der Waals surface area contributed by atoms with Crippen LogP contribution in [0.15, 0.2) is 54.6 Å². The van der Waals surface area contributed by atoms with Crippen molar-refractivity contribution in [3.8, 4) is 17.3 Å². The molecule has 6 heteroatoms. The molecule has 0 aliphatic carbocycles. The fraction of sp³-hybridized carbons (Fsp3) is 0.318. The van der Waals surface area contributed by atoms with Gasteiger partial charge in [-0.1, -0.05) is 18.2 Å². The number of aromatic hydroxyl groups is 1. The van der Waals surface area contributed by atoms with Crippen LogP contribution in [0, 0.1) is 11.7 Å². The summed E-state index contributed by atoms with van der Waals surface area (Å²) in [7, 11) is 0. The Labute approximate surface area is 170 Å². The number of nitrogens with zero attached hydrogens (tertiary/aromatic N) is 3. The standard InChI is InChI=1S/C22H25N3O2S/c1-15-13-23(14-16(2)27-15)18-9-11-20(12-10-18)24-17(3)21(26)25(22(24)28)19-7-5-4-6-8-19/h4-12,15-16,26H,13-14H2,1-3H3/t15-,16+. The summed E-state index contributed by atoms with van der Waals surface area (Å²) >= 11 is 5.69. The monoisotopic (exact) mass is 395 g/mol. The second-order valence-corrected chi connectivity index (χ2v) is 7.74. The molecule has 5 nitrogen and oxygen atoms in total. The average Bonchev–Trinajstić information content (AvgIpc) is 2.90. The first-order valence-corrected chi connectivity index (χ1v) is 9.96. The Kier molecular flexibility index (Phi) is 5.00. The molecule has 0 saturated carbocycles. The van der Waals surface area contributed by atoms with Crippen molar-refractivity contribution >= 4 is 17.9 Å². The molecule has 0 amide bonds. The van der Waals surface area contributed by atoms with Crippen molar-refractivity contribution < 1.29 is 9.84 Å². The van der Waals surface area contributed by atoms with Gasteiger partial charge in [0.05, 0.1) is 23.6 Å². The van der Waals surface area contributed by atoms with Crippen LogP contribution in [0.4, 0.5) is 5.69 Å². The first-order chi connectivity index (χ1) is 13.5. The van der Waals surface area contributed by atoms with Gasteiger partial charge in [0.1, 0.15) is 0 Å². The summed E-state index contributed by atoms with van der Waals surface area (Å²) in [6.07, 6.45) is 0.437. The Morgan fingerprint density at radius 2 is 1.39 bits per heavy atom. The number of imidazole rings is 1. The van der Waals surface area contributed by atoms with Crippen LogP contribution in [0.2, 0.25) is 0 Å². The molecule has 0 radical (unpaired) electrons. The fourth-order valence-corrected chi connectivity index (χ4v) is 4.35. The third-order valence-electron chi connectivity index (χ3n) is 5.16. The Bertz CT molecular complexity index is 1010. The highest BCUT2D eigenvalue weighted by Crippen LogP contribution is 2.29. The summed E-state index contributed by atoms with van der Waals surface area (Å²) in [4.78, 5) is 2.35. The molecule has 1 aliphatic heterocycles. The van der Waals surface area contributed by atoms with Crippen LogP contribution in [0.1, 0.15) is 19.5 Å². The summed E-state index contributed by atoms with van der Waals surface area (Å²) in [5.74, 6) is 0.163. The van der Waals surface area contributed by atoms with Crippen molar-refractivity contribution in [1.82, 2.24) is 9.13 Å². The van der Waals surface area contributed by atoms with E-state index in [1.165, 1.54) is 5.69 Å². The van der Waals surface area contributed by atoms with Crippen molar-refractivity contribution in [2.24, 2.45) is 0 Å². The molecule has 2 atom stereocenters. The van der Waals surface area contributed by atoms with Crippen LogP contribution in [0.25, 0.3) is 11.4 Å². The molecule has 4 rings (SSSR count). The zero-order valence-electron chi connectivity index (χ0n) is 16.4. The quantitative estimate of drug-likeness (QED) is 0.657. The van der Waals surface area contributed by atoms with Crippen molar-refractivity contribution in [1.29, 1.82) is 0 Å². The first kappa shape index (κ1) is 18.8. The van der Waals surface area contributed by atoms with Crippen molar-refractivity contribution in [2.75, 3.05) is 18.0 Å². The molecule has 1 aliphatic rings. The molecule has 0 spiro atoms. The van der Waals surface area contributed by atoms with Crippen LogP contribution >= 0.6 is 12.2 Å². The minimum Gasteiger partial charge on any atom is -0.493 e. The molecule has 3 aromatic rings. The van der Waals surface area contributed by atoms with Gasteiger partial charge in [-0.3, -0.25) is 9.13 Å². The van der Waals surface area contributed by atoms with Gasteiger partial charge in [-0.05, 0) is 69.4 Å². The summed E-state index contributed by atoms with van der Waals surface area (Å²) in [6.45, 7) is 7.86. The fourth-order valence-electron chi connectivity index (χ4n) is 3.91. The summed E-state index contributed by atoms with van der Waals surface area (Å²) < 4.78 is 9.98. The smallest absolute Gasteiger partial charge is 0.218 e. The predicted octanol–water partition coefficient (Wildman–Crippen LogP) is 4.63. The Balaban J connectivity index is 1.70. The van der Waals surface area contributed by atoms with Crippen LogP contribution in [-0.2, 0) is 4.74 Å². The Morgan fingerprint density at radius 3 is 2.00 bits per heavy atom. The van der Waals surface area contributed by atoms with Gasteiger partial charge < -0.3 is 14.7 Å². The second kappa shape index (κ2) is 7.45. The minimum atomic E-state index is 0.163. The van der Waals surface area contributed by atoms with Crippen LogP contribution < -0.4 is 4.90 Å². The van der Waals surface area contributed by atoms with Crippen LogP contribution in [-0.4, -0.2) is 39.5 Å². The van der Waals surface area contributed by atoms with E-state index in [-0.39, 0.29) is 18.1 Å². The molecular weight excluding hydrogens is 370 g/mol. The van der Waals surface area contributed by atoms with E-state index in [9.17, 15) is 5.11 Å². The van der Waals surface area contributed by atoms with E-state index in [2.05, 4.69) is 43.0 Å². The topological polar surface area (TPSA) is 42.6 Å². The molecule has 1 aromatic heterocycles. The molecule has 0 bridgehead atoms. The zero-order valence-corrected chi connectivity index (χ0v) is 17.2. The van der Waals surface area contributed by atoms with Crippen molar-refractivity contribution in [3.05, 3.63) is 65.1 Å². The normalized spacial score (nSPS) is 19.8. The van der Waals surface area contributed by atoms with Crippen LogP contribution in [0.5, 0.6) is 5.88 Å². The number of aromatic nitrogens is 2. The minimum absolute atomic E-state index is 0.163. The lowest BCUT2D eigenvalue weighted by Crippen LogP contribution is -2.45. The highest BCUT2D eigenvalue weighted by atomic mass is 32.1. The Morgan fingerprint density at radius 1 is 0.857 bits per heavy atom. The maximum Gasteiger partial charge on any atom is 0.218 e. The molecule has 2 heterocycles. The molecule has 1 saturated heterocycles. The maximum absolute atomic E-state index is 10.7. The van der Waals surface area contributed by atoms with Gasteiger partial charge in [0, 0.05) is 24.5 Å². The van der Waals surface area contributed by atoms with Gasteiger partial charge in [-0.2, -0.15) is 0 Å². The van der Waals surface area contributed by atoms with E-state index in [1.54, 1.807) is 4.57 Å². The average molecular weight is 396 g/mol. The Hall–Kier alpha value is -2.57. The zero-order chi connectivity index (χ0) is 19.8. The van der Waals surface area contributed by atoms with E-state index in [1.807, 2.05) is 41.8 Å². The lowest BCUT2D eigenvalue weighted by Gasteiger charge is -2.36. The molecule has 1 N–H and O–H groups in total. The predicted molar refractivity (Wildman–Crippen MR) is 115 cm³/mol. The number of hydrogen-bond acceptors (Lipinski definition) is 4. The summed E-state index contributed by atoms with van der Waals surface area (Å²) in [6, 6.07) is 18.0. The lowest BCUT2D eigenvalue weighted by molar-refractivity contribution is -0.00521. The van der Waals surface area contributed by atoms with Gasteiger partial charge >= 0.3 is 0 Å². The van der Waals surface area contributed by atoms with E-state index in [0.717, 1.165) is 30.2 Å². The summed E-state index contributed by atoms with van der Waals surface area (Å²) in [5.41, 5.74) is 3.67. The largest absolute Gasteiger partial charge is 0.493 e. The van der Waals surface area contributed by atoms with Gasteiger partial charge in [-0.15, -0.1) is 0 Å². The number of rotatable bonds is 3. The number of benzene rings is 2. The third kappa shape index (κ3) is 3.34. The number of hydrogen-bond donors (Lipinski definition) is 1. The van der Waals surface area contributed by atoms with Gasteiger partial charge in [0.15, 0.2) is 4.77 Å². The van der Waals surface area contributed by atoms with Crippen molar-refractivity contribution in [2.45, 2.75) is 33.0 Å². The second-order valence-electron chi connectivity index (χ2n) is 7.38. The number of anilines is 1. The number of ether oxygens (including phenoxy) is 1. The lowest BCUT2D eigenvalue weighted by atomic mass is 10.2. The number of morpholine rings is 1. The van der Waals surface area contributed by atoms with Gasteiger partial charge in [0.25, 0.3) is 0 Å².